The van der Waals surface area contributed by atoms with Crippen molar-refractivity contribution in [3.8, 4) is 0 Å². The van der Waals surface area contributed by atoms with Crippen LogP contribution in [0, 0.1) is 23.7 Å². The van der Waals surface area contributed by atoms with E-state index in [1.165, 1.54) is 59.1 Å². The molecule has 2 saturated carbocycles. The molecule has 1 aromatic carbocycles. The fourth-order valence-electron chi connectivity index (χ4n) is 4.84. The molecule has 2 fully saturated rings. The van der Waals surface area contributed by atoms with Gasteiger partial charge in [-0.25, -0.2) is 0 Å². The van der Waals surface area contributed by atoms with Crippen molar-refractivity contribution < 1.29 is 0 Å². The summed E-state index contributed by atoms with van der Waals surface area (Å²) in [6, 6.07) is 9.04. The van der Waals surface area contributed by atoms with Crippen LogP contribution in [0.2, 0.25) is 0 Å². The summed E-state index contributed by atoms with van der Waals surface area (Å²) in [5.41, 5.74) is 8.61. The summed E-state index contributed by atoms with van der Waals surface area (Å²) in [7, 11) is 0. The lowest BCUT2D eigenvalue weighted by molar-refractivity contribution is 0.965. The SMILES string of the molecule is C1=CC(C2=CC3CC3C=C2c2ccccc2C2=CC3CC3C=C2)=CCC1.CC.CC. The van der Waals surface area contributed by atoms with Gasteiger partial charge in [-0.3, -0.25) is 0 Å². The molecule has 0 bridgehead atoms. The summed E-state index contributed by atoms with van der Waals surface area (Å²) in [6.45, 7) is 8.00. The summed E-state index contributed by atoms with van der Waals surface area (Å²) in [6.07, 6.45) is 24.5. The van der Waals surface area contributed by atoms with Gasteiger partial charge in [0.15, 0.2) is 0 Å². The van der Waals surface area contributed by atoms with Gasteiger partial charge in [0.2, 0.25) is 0 Å². The third-order valence-electron chi connectivity index (χ3n) is 6.58. The summed E-state index contributed by atoms with van der Waals surface area (Å²) < 4.78 is 0. The fourth-order valence-corrected chi connectivity index (χ4v) is 4.84. The lowest BCUT2D eigenvalue weighted by Gasteiger charge is -2.22. The summed E-state index contributed by atoms with van der Waals surface area (Å²) >= 11 is 0. The molecule has 30 heavy (non-hydrogen) atoms. The molecule has 0 N–H and O–H groups in total. The van der Waals surface area contributed by atoms with Gasteiger partial charge in [-0.15, -0.1) is 0 Å². The molecule has 6 rings (SSSR count). The maximum absolute atomic E-state index is 2.56. The molecule has 0 radical (unpaired) electrons. The van der Waals surface area contributed by atoms with Crippen LogP contribution in [-0.4, -0.2) is 0 Å². The van der Waals surface area contributed by atoms with Crippen LogP contribution in [0.4, 0.5) is 0 Å². The molecule has 156 valence electrons. The molecule has 5 aliphatic carbocycles. The molecule has 0 nitrogen and oxygen atoms in total. The molecular weight excluding hydrogens is 360 g/mol. The van der Waals surface area contributed by atoms with Crippen LogP contribution >= 0.6 is 0 Å². The number of rotatable bonds is 3. The van der Waals surface area contributed by atoms with Crippen molar-refractivity contribution in [3.05, 3.63) is 95.1 Å². The molecule has 0 aliphatic heterocycles. The minimum Gasteiger partial charge on any atom is -0.0836 e. The normalized spacial score (nSPS) is 29.3. The maximum Gasteiger partial charge on any atom is -0.0103 e. The van der Waals surface area contributed by atoms with Crippen LogP contribution in [0.1, 0.15) is 64.5 Å². The van der Waals surface area contributed by atoms with Crippen LogP contribution in [0.25, 0.3) is 11.1 Å². The predicted molar refractivity (Wildman–Crippen MR) is 132 cm³/mol. The Kier molecular flexibility index (Phi) is 6.42. The first-order valence-electron chi connectivity index (χ1n) is 12.2. The van der Waals surface area contributed by atoms with Gasteiger partial charge in [0, 0.05) is 0 Å². The largest absolute Gasteiger partial charge is 0.0836 e. The molecule has 0 heterocycles. The highest BCUT2D eigenvalue weighted by molar-refractivity contribution is 5.93. The Labute approximate surface area is 183 Å². The van der Waals surface area contributed by atoms with E-state index in [0.29, 0.717) is 0 Å². The van der Waals surface area contributed by atoms with Crippen molar-refractivity contribution in [2.24, 2.45) is 23.7 Å². The quantitative estimate of drug-likeness (QED) is 0.480. The number of fused-ring (bicyclic) bond motifs is 2. The second-order valence-electron chi connectivity index (χ2n) is 8.45. The van der Waals surface area contributed by atoms with Crippen molar-refractivity contribution in [2.75, 3.05) is 0 Å². The third kappa shape index (κ3) is 4.10. The number of hydrogen-bond acceptors (Lipinski definition) is 0. The Morgan fingerprint density at radius 2 is 1.30 bits per heavy atom. The molecule has 4 atom stereocenters. The van der Waals surface area contributed by atoms with Gasteiger partial charge in [-0.1, -0.05) is 101 Å². The zero-order valence-electron chi connectivity index (χ0n) is 19.1. The summed E-state index contributed by atoms with van der Waals surface area (Å²) in [5.74, 6) is 3.15. The first kappa shape index (κ1) is 20.9. The molecule has 0 amide bonds. The van der Waals surface area contributed by atoms with Gasteiger partial charge >= 0.3 is 0 Å². The van der Waals surface area contributed by atoms with Crippen molar-refractivity contribution in [1.82, 2.24) is 0 Å². The summed E-state index contributed by atoms with van der Waals surface area (Å²) in [4.78, 5) is 0. The summed E-state index contributed by atoms with van der Waals surface area (Å²) in [5, 5.41) is 0. The Morgan fingerprint density at radius 1 is 0.633 bits per heavy atom. The zero-order chi connectivity index (χ0) is 21.1. The van der Waals surface area contributed by atoms with Gasteiger partial charge < -0.3 is 0 Å². The smallest absolute Gasteiger partial charge is 0.0103 e. The van der Waals surface area contributed by atoms with Gasteiger partial charge in [0.1, 0.15) is 0 Å². The van der Waals surface area contributed by atoms with Gasteiger partial charge in [0.05, 0.1) is 0 Å². The van der Waals surface area contributed by atoms with Crippen LogP contribution in [0.5, 0.6) is 0 Å². The second kappa shape index (κ2) is 9.21. The highest BCUT2D eigenvalue weighted by Crippen LogP contribution is 2.52. The first-order chi connectivity index (χ1) is 14.9. The highest BCUT2D eigenvalue weighted by atomic mass is 14.4. The molecule has 1 aromatic rings. The molecule has 5 aliphatic rings. The van der Waals surface area contributed by atoms with Crippen molar-refractivity contribution >= 4 is 11.1 Å². The Hall–Kier alpha value is -2.34. The lowest BCUT2D eigenvalue weighted by Crippen LogP contribution is -2.03. The minimum atomic E-state index is 0.763. The first-order valence-corrected chi connectivity index (χ1v) is 12.2. The van der Waals surface area contributed by atoms with E-state index in [0.717, 1.165) is 23.7 Å². The van der Waals surface area contributed by atoms with E-state index in [4.69, 9.17) is 0 Å². The molecule has 0 aromatic heterocycles. The van der Waals surface area contributed by atoms with E-state index in [9.17, 15) is 0 Å². The lowest BCUT2D eigenvalue weighted by atomic mass is 9.82. The van der Waals surface area contributed by atoms with Gasteiger partial charge in [0.25, 0.3) is 0 Å². The van der Waals surface area contributed by atoms with Gasteiger partial charge in [-0.05, 0) is 82.8 Å². The molecule has 0 heteroatoms. The zero-order valence-corrected chi connectivity index (χ0v) is 19.1. The van der Waals surface area contributed by atoms with Crippen molar-refractivity contribution in [2.45, 2.75) is 53.4 Å². The Bertz CT molecular complexity index is 960. The van der Waals surface area contributed by atoms with Crippen molar-refractivity contribution in [1.29, 1.82) is 0 Å². The molecule has 4 unspecified atom stereocenters. The topological polar surface area (TPSA) is 0 Å². The number of hydrogen-bond donors (Lipinski definition) is 0. The van der Waals surface area contributed by atoms with Crippen LogP contribution in [-0.2, 0) is 0 Å². The number of benzene rings is 1. The third-order valence-corrected chi connectivity index (χ3v) is 6.58. The van der Waals surface area contributed by atoms with E-state index in [2.05, 4.69) is 72.9 Å². The fraction of sp³-hybridized carbons (Fsp3) is 0.400. The van der Waals surface area contributed by atoms with Crippen molar-refractivity contribution in [3.63, 3.8) is 0 Å². The molecular formula is C30H36. The average molecular weight is 397 g/mol. The molecule has 0 saturated heterocycles. The van der Waals surface area contributed by atoms with E-state index in [1.54, 1.807) is 0 Å². The maximum atomic E-state index is 2.56. The minimum absolute atomic E-state index is 0.763. The standard InChI is InChI=1S/C26H24.2C2H6/c1-2-6-17(7-3-1)25-15-21-14-22(21)16-26(25)24-9-5-4-8-23(24)19-11-10-18-12-20(18)13-19;2*1-2/h2,4-11,13,15-16,18,20-22H,1,3,12,14H2;2*1-2H3. The second-order valence-corrected chi connectivity index (χ2v) is 8.45. The Balaban J connectivity index is 0.000000516. The number of allylic oxidation sites excluding steroid dienone is 12. The monoisotopic (exact) mass is 396 g/mol. The van der Waals surface area contributed by atoms with E-state index in [-0.39, 0.29) is 0 Å². The van der Waals surface area contributed by atoms with E-state index >= 15 is 0 Å². The molecule has 0 spiro atoms. The predicted octanol–water partition coefficient (Wildman–Crippen LogP) is 8.56. The van der Waals surface area contributed by atoms with Crippen LogP contribution in [0.15, 0.2) is 84.0 Å². The average Bonchev–Trinajstić information content (AvgIpc) is 3.76. The van der Waals surface area contributed by atoms with Crippen LogP contribution in [0.3, 0.4) is 0 Å². The Morgan fingerprint density at radius 3 is 2.00 bits per heavy atom. The van der Waals surface area contributed by atoms with Crippen LogP contribution < -0.4 is 0 Å². The van der Waals surface area contributed by atoms with E-state index in [1.807, 2.05) is 27.7 Å². The van der Waals surface area contributed by atoms with E-state index < -0.39 is 0 Å². The van der Waals surface area contributed by atoms with Gasteiger partial charge in [-0.2, -0.15) is 0 Å². The highest BCUT2D eigenvalue weighted by Gasteiger charge is 2.39.